The molecular formula is C13H14N2OS. The lowest BCUT2D eigenvalue weighted by Crippen LogP contribution is -2.30. The fourth-order valence-corrected chi connectivity index (χ4v) is 2.13. The van der Waals surface area contributed by atoms with Crippen molar-refractivity contribution in [3.05, 3.63) is 52.7 Å². The summed E-state index contributed by atoms with van der Waals surface area (Å²) in [4.78, 5) is 13.5. The van der Waals surface area contributed by atoms with Gasteiger partial charge >= 0.3 is 6.03 Å². The minimum Gasteiger partial charge on any atom is -0.323 e. The van der Waals surface area contributed by atoms with Crippen LogP contribution in [0.2, 0.25) is 0 Å². The van der Waals surface area contributed by atoms with Crippen molar-refractivity contribution in [2.24, 2.45) is 0 Å². The van der Waals surface area contributed by atoms with Gasteiger partial charge in [0.2, 0.25) is 0 Å². The summed E-state index contributed by atoms with van der Waals surface area (Å²) in [6.07, 6.45) is 0. The molecule has 88 valence electrons. The molecule has 0 aliphatic rings. The number of carbonyl (C=O) groups excluding carboxylic acids is 1. The predicted octanol–water partition coefficient (Wildman–Crippen LogP) is 3.41. The van der Waals surface area contributed by atoms with Crippen LogP contribution in [0.3, 0.4) is 0 Å². The quantitative estimate of drug-likeness (QED) is 0.884. The first-order valence-corrected chi connectivity index (χ1v) is 6.28. The normalized spacial score (nSPS) is 9.94. The van der Waals surface area contributed by atoms with E-state index in [1.54, 1.807) is 23.3 Å². The summed E-state index contributed by atoms with van der Waals surface area (Å²) in [5.41, 5.74) is 1.97. The summed E-state index contributed by atoms with van der Waals surface area (Å²) in [5, 5.41) is 6.90. The van der Waals surface area contributed by atoms with Crippen molar-refractivity contribution in [3.8, 4) is 0 Å². The highest BCUT2D eigenvalue weighted by molar-refractivity contribution is 7.07. The van der Waals surface area contributed by atoms with Crippen LogP contribution in [0, 0.1) is 0 Å². The van der Waals surface area contributed by atoms with E-state index in [9.17, 15) is 4.79 Å². The smallest absolute Gasteiger partial charge is 0.321 e. The number of urea groups is 1. The van der Waals surface area contributed by atoms with Crippen LogP contribution in [0.25, 0.3) is 0 Å². The average Bonchev–Trinajstić information content (AvgIpc) is 2.83. The van der Waals surface area contributed by atoms with E-state index >= 15 is 0 Å². The maximum absolute atomic E-state index is 11.9. The van der Waals surface area contributed by atoms with Gasteiger partial charge in [-0.3, -0.25) is 0 Å². The highest BCUT2D eigenvalue weighted by atomic mass is 32.1. The summed E-state index contributed by atoms with van der Waals surface area (Å²) < 4.78 is 0. The Kier molecular flexibility index (Phi) is 3.77. The van der Waals surface area contributed by atoms with Gasteiger partial charge in [-0.05, 0) is 34.5 Å². The Morgan fingerprint density at radius 3 is 2.71 bits per heavy atom. The lowest BCUT2D eigenvalue weighted by atomic mass is 10.3. The monoisotopic (exact) mass is 246 g/mol. The number of anilines is 1. The van der Waals surface area contributed by atoms with Gasteiger partial charge in [0.05, 0.1) is 0 Å². The van der Waals surface area contributed by atoms with Crippen molar-refractivity contribution >= 4 is 23.1 Å². The van der Waals surface area contributed by atoms with Gasteiger partial charge in [-0.1, -0.05) is 18.2 Å². The van der Waals surface area contributed by atoms with E-state index in [4.69, 9.17) is 0 Å². The molecule has 0 unspecified atom stereocenters. The van der Waals surface area contributed by atoms with E-state index in [0.717, 1.165) is 11.3 Å². The summed E-state index contributed by atoms with van der Waals surface area (Å²) in [7, 11) is 1.79. The number of nitrogens with zero attached hydrogens (tertiary/aromatic N) is 1. The van der Waals surface area contributed by atoms with E-state index in [-0.39, 0.29) is 6.03 Å². The molecule has 0 aliphatic heterocycles. The topological polar surface area (TPSA) is 32.3 Å². The molecule has 3 nitrogen and oxygen atoms in total. The molecule has 0 fully saturated rings. The van der Waals surface area contributed by atoms with Gasteiger partial charge in [0.15, 0.2) is 0 Å². The fourth-order valence-electron chi connectivity index (χ4n) is 1.47. The second kappa shape index (κ2) is 5.50. The summed E-state index contributed by atoms with van der Waals surface area (Å²) in [5.74, 6) is 0. The number of para-hydroxylation sites is 1. The third-order valence-electron chi connectivity index (χ3n) is 2.37. The van der Waals surface area contributed by atoms with Crippen LogP contribution in [0.4, 0.5) is 10.5 Å². The standard InChI is InChI=1S/C13H14N2OS/c1-15(9-11-7-8-17-10-11)13(16)14-12-5-3-2-4-6-12/h2-8,10H,9H2,1H3,(H,14,16). The van der Waals surface area contributed by atoms with Crippen molar-refractivity contribution in [2.75, 3.05) is 12.4 Å². The first-order chi connectivity index (χ1) is 8.25. The zero-order valence-corrected chi connectivity index (χ0v) is 10.4. The minimum absolute atomic E-state index is 0.0950. The maximum atomic E-state index is 11.9. The highest BCUT2D eigenvalue weighted by Gasteiger charge is 2.08. The third kappa shape index (κ3) is 3.32. The number of hydrogen-bond donors (Lipinski definition) is 1. The summed E-state index contributed by atoms with van der Waals surface area (Å²) >= 11 is 1.64. The Balaban J connectivity index is 1.92. The molecule has 0 saturated carbocycles. The van der Waals surface area contributed by atoms with Crippen LogP contribution < -0.4 is 5.32 Å². The molecule has 0 aliphatic carbocycles. The maximum Gasteiger partial charge on any atom is 0.321 e. The first-order valence-electron chi connectivity index (χ1n) is 5.34. The van der Waals surface area contributed by atoms with Gasteiger partial charge in [0, 0.05) is 19.3 Å². The molecule has 2 rings (SSSR count). The van der Waals surface area contributed by atoms with Crippen molar-refractivity contribution in [1.82, 2.24) is 4.90 Å². The molecular weight excluding hydrogens is 232 g/mol. The Hall–Kier alpha value is -1.81. The zero-order chi connectivity index (χ0) is 12.1. The molecule has 0 radical (unpaired) electrons. The van der Waals surface area contributed by atoms with Crippen LogP contribution in [-0.4, -0.2) is 18.0 Å². The number of carbonyl (C=O) groups is 1. The van der Waals surface area contributed by atoms with Gasteiger partial charge in [0.1, 0.15) is 0 Å². The Bertz CT molecular complexity index is 467. The van der Waals surface area contributed by atoms with E-state index in [0.29, 0.717) is 6.54 Å². The molecule has 2 aromatic rings. The second-order valence-corrected chi connectivity index (χ2v) is 4.56. The molecule has 1 aromatic heterocycles. The Labute approximate surface area is 105 Å². The average molecular weight is 246 g/mol. The van der Waals surface area contributed by atoms with Gasteiger partial charge < -0.3 is 10.2 Å². The number of amides is 2. The molecule has 1 aromatic carbocycles. The number of nitrogens with one attached hydrogen (secondary N) is 1. The lowest BCUT2D eigenvalue weighted by Gasteiger charge is -2.17. The Morgan fingerprint density at radius 2 is 2.06 bits per heavy atom. The van der Waals surface area contributed by atoms with Crippen LogP contribution in [0.15, 0.2) is 47.2 Å². The second-order valence-electron chi connectivity index (χ2n) is 3.78. The van der Waals surface area contributed by atoms with E-state index < -0.39 is 0 Å². The molecule has 0 spiro atoms. The number of rotatable bonds is 3. The summed E-state index contributed by atoms with van der Waals surface area (Å²) in [6.45, 7) is 0.627. The number of thiophene rings is 1. The molecule has 2 amide bonds. The summed E-state index contributed by atoms with van der Waals surface area (Å²) in [6, 6.07) is 11.4. The molecule has 1 heterocycles. The largest absolute Gasteiger partial charge is 0.323 e. The van der Waals surface area contributed by atoms with Crippen molar-refractivity contribution < 1.29 is 4.79 Å². The number of hydrogen-bond acceptors (Lipinski definition) is 2. The molecule has 0 atom stereocenters. The molecule has 0 bridgehead atoms. The van der Waals surface area contributed by atoms with Crippen molar-refractivity contribution in [3.63, 3.8) is 0 Å². The molecule has 1 N–H and O–H groups in total. The van der Waals surface area contributed by atoms with Crippen LogP contribution in [0.5, 0.6) is 0 Å². The van der Waals surface area contributed by atoms with E-state index in [1.165, 1.54) is 0 Å². The van der Waals surface area contributed by atoms with Crippen molar-refractivity contribution in [1.29, 1.82) is 0 Å². The molecule has 0 saturated heterocycles. The van der Waals surface area contributed by atoms with Crippen LogP contribution in [-0.2, 0) is 6.54 Å². The predicted molar refractivity (Wildman–Crippen MR) is 71.2 cm³/mol. The number of benzene rings is 1. The van der Waals surface area contributed by atoms with Gasteiger partial charge in [0.25, 0.3) is 0 Å². The Morgan fingerprint density at radius 1 is 1.29 bits per heavy atom. The zero-order valence-electron chi connectivity index (χ0n) is 9.59. The SMILES string of the molecule is CN(Cc1ccsc1)C(=O)Nc1ccccc1. The van der Waals surface area contributed by atoms with Crippen LogP contribution >= 0.6 is 11.3 Å². The molecule has 4 heteroatoms. The first kappa shape index (κ1) is 11.7. The third-order valence-corrected chi connectivity index (χ3v) is 3.10. The van der Waals surface area contributed by atoms with E-state index in [1.807, 2.05) is 47.2 Å². The van der Waals surface area contributed by atoms with Gasteiger partial charge in [-0.15, -0.1) is 0 Å². The van der Waals surface area contributed by atoms with Gasteiger partial charge in [-0.2, -0.15) is 11.3 Å². The highest BCUT2D eigenvalue weighted by Crippen LogP contribution is 2.10. The lowest BCUT2D eigenvalue weighted by molar-refractivity contribution is 0.221. The minimum atomic E-state index is -0.0950. The van der Waals surface area contributed by atoms with Crippen LogP contribution in [0.1, 0.15) is 5.56 Å². The van der Waals surface area contributed by atoms with Gasteiger partial charge in [-0.25, -0.2) is 4.79 Å². The molecule has 17 heavy (non-hydrogen) atoms. The van der Waals surface area contributed by atoms with Crippen molar-refractivity contribution in [2.45, 2.75) is 6.54 Å². The fraction of sp³-hybridized carbons (Fsp3) is 0.154. The van der Waals surface area contributed by atoms with E-state index in [2.05, 4.69) is 5.32 Å².